The molecule has 0 aromatic heterocycles. The Morgan fingerprint density at radius 1 is 1.21 bits per heavy atom. The largest absolute Gasteiger partial charge is 0.295 e. The van der Waals surface area contributed by atoms with Crippen LogP contribution >= 0.6 is 0 Å². The van der Waals surface area contributed by atoms with Gasteiger partial charge in [-0.25, -0.2) is 0 Å². The van der Waals surface area contributed by atoms with Crippen molar-refractivity contribution in [3.63, 3.8) is 0 Å². The molecule has 0 aliphatic heterocycles. The van der Waals surface area contributed by atoms with Crippen LogP contribution in [0.2, 0.25) is 0 Å². The Bertz CT molecular complexity index is 612. The zero-order valence-electron chi connectivity index (χ0n) is 15.4. The van der Waals surface area contributed by atoms with Gasteiger partial charge in [-0.1, -0.05) is 32.1 Å². The Morgan fingerprint density at radius 3 is 2.83 bits per heavy atom. The highest BCUT2D eigenvalue weighted by Crippen LogP contribution is 2.65. The third kappa shape index (κ3) is 2.23. The molecular formula is C23H32O. The summed E-state index contributed by atoms with van der Waals surface area (Å²) in [5, 5.41) is 0. The maximum atomic E-state index is 11.9. The van der Waals surface area contributed by atoms with Gasteiger partial charge in [0.25, 0.3) is 0 Å². The Morgan fingerprint density at radius 2 is 2.04 bits per heavy atom. The quantitative estimate of drug-likeness (QED) is 0.593. The lowest BCUT2D eigenvalue weighted by Crippen LogP contribution is -2.48. The van der Waals surface area contributed by atoms with Crippen LogP contribution in [0.3, 0.4) is 0 Å². The number of hydrogen-bond acceptors (Lipinski definition) is 1. The maximum absolute atomic E-state index is 11.9. The molecule has 4 rings (SSSR count). The van der Waals surface area contributed by atoms with Gasteiger partial charge in [0.05, 0.1) is 0 Å². The first kappa shape index (κ1) is 16.4. The van der Waals surface area contributed by atoms with Crippen molar-refractivity contribution in [2.24, 2.45) is 34.5 Å². The SMILES string of the molecule is C=CCC[C@H]1CCC2C3C=CC4=CC(=O)CC[C@]4(C)C3CC[C@@]21C. The van der Waals surface area contributed by atoms with Crippen molar-refractivity contribution in [3.05, 3.63) is 36.5 Å². The summed E-state index contributed by atoms with van der Waals surface area (Å²) in [6, 6.07) is 0. The first-order valence-electron chi connectivity index (χ1n) is 10.0. The van der Waals surface area contributed by atoms with Crippen LogP contribution in [0.5, 0.6) is 0 Å². The highest BCUT2D eigenvalue weighted by Gasteiger charge is 2.57. The zero-order chi connectivity index (χ0) is 16.9. The van der Waals surface area contributed by atoms with Crippen LogP contribution in [-0.2, 0) is 4.79 Å². The third-order valence-corrected chi connectivity index (χ3v) is 8.43. The van der Waals surface area contributed by atoms with Crippen molar-refractivity contribution in [3.8, 4) is 0 Å². The molecular weight excluding hydrogens is 292 g/mol. The molecule has 6 atom stereocenters. The molecule has 3 unspecified atom stereocenters. The molecule has 130 valence electrons. The molecule has 0 heterocycles. The number of hydrogen-bond donors (Lipinski definition) is 0. The molecule has 0 radical (unpaired) electrons. The lowest BCUT2D eigenvalue weighted by atomic mass is 9.48. The second kappa shape index (κ2) is 5.71. The average Bonchev–Trinajstić information content (AvgIpc) is 2.90. The van der Waals surface area contributed by atoms with Gasteiger partial charge in [-0.2, -0.15) is 0 Å². The normalized spacial score (nSPS) is 46.8. The molecule has 0 saturated heterocycles. The van der Waals surface area contributed by atoms with Gasteiger partial charge in [0, 0.05) is 6.42 Å². The van der Waals surface area contributed by atoms with E-state index in [1.165, 1.54) is 44.1 Å². The third-order valence-electron chi connectivity index (χ3n) is 8.43. The Hall–Kier alpha value is -1.11. The Labute approximate surface area is 147 Å². The molecule has 24 heavy (non-hydrogen) atoms. The summed E-state index contributed by atoms with van der Waals surface area (Å²) in [5.41, 5.74) is 2.09. The minimum Gasteiger partial charge on any atom is -0.295 e. The Kier molecular flexibility index (Phi) is 3.90. The van der Waals surface area contributed by atoms with E-state index in [0.717, 1.165) is 36.5 Å². The summed E-state index contributed by atoms with van der Waals surface area (Å²) >= 11 is 0. The summed E-state index contributed by atoms with van der Waals surface area (Å²) in [6.45, 7) is 8.96. The van der Waals surface area contributed by atoms with Crippen molar-refractivity contribution < 1.29 is 4.79 Å². The predicted molar refractivity (Wildman–Crippen MR) is 99.5 cm³/mol. The van der Waals surface area contributed by atoms with E-state index in [1.54, 1.807) is 0 Å². The van der Waals surface area contributed by atoms with E-state index < -0.39 is 0 Å². The van der Waals surface area contributed by atoms with E-state index in [-0.39, 0.29) is 5.41 Å². The number of ketones is 1. The van der Waals surface area contributed by atoms with Gasteiger partial charge in [-0.15, -0.1) is 6.58 Å². The molecule has 1 nitrogen and oxygen atoms in total. The first-order chi connectivity index (χ1) is 11.5. The van der Waals surface area contributed by atoms with E-state index in [0.29, 0.717) is 11.2 Å². The van der Waals surface area contributed by atoms with Gasteiger partial charge in [0.2, 0.25) is 0 Å². The van der Waals surface area contributed by atoms with E-state index in [1.807, 2.05) is 6.08 Å². The van der Waals surface area contributed by atoms with E-state index in [4.69, 9.17) is 0 Å². The highest BCUT2D eigenvalue weighted by atomic mass is 16.1. The predicted octanol–water partition coefficient (Wildman–Crippen LogP) is 5.88. The molecule has 0 N–H and O–H groups in total. The highest BCUT2D eigenvalue weighted by molar-refractivity contribution is 5.92. The molecule has 1 heteroatoms. The lowest BCUT2D eigenvalue weighted by Gasteiger charge is -2.56. The number of allylic oxidation sites excluding steroid dienone is 5. The van der Waals surface area contributed by atoms with E-state index in [2.05, 4.69) is 38.7 Å². The van der Waals surface area contributed by atoms with Gasteiger partial charge < -0.3 is 0 Å². The molecule has 0 bridgehead atoms. The number of rotatable bonds is 3. The van der Waals surface area contributed by atoms with Crippen molar-refractivity contribution in [1.82, 2.24) is 0 Å². The summed E-state index contributed by atoms with van der Waals surface area (Å²) in [6.07, 6.45) is 18.7. The summed E-state index contributed by atoms with van der Waals surface area (Å²) in [7, 11) is 0. The molecule has 4 aliphatic carbocycles. The van der Waals surface area contributed by atoms with Crippen LogP contribution in [0.25, 0.3) is 0 Å². The zero-order valence-corrected chi connectivity index (χ0v) is 15.4. The van der Waals surface area contributed by atoms with Crippen LogP contribution in [0, 0.1) is 34.5 Å². The van der Waals surface area contributed by atoms with Crippen LogP contribution < -0.4 is 0 Å². The van der Waals surface area contributed by atoms with Gasteiger partial charge in [0.1, 0.15) is 0 Å². The minimum atomic E-state index is 0.244. The van der Waals surface area contributed by atoms with Crippen LogP contribution in [0.1, 0.15) is 65.2 Å². The second-order valence-corrected chi connectivity index (χ2v) is 9.32. The second-order valence-electron chi connectivity index (χ2n) is 9.32. The molecule has 0 aromatic rings. The van der Waals surface area contributed by atoms with Crippen molar-refractivity contribution >= 4 is 5.78 Å². The lowest BCUT2D eigenvalue weighted by molar-refractivity contribution is -0.116. The van der Waals surface area contributed by atoms with Gasteiger partial charge in [0.15, 0.2) is 5.78 Å². The van der Waals surface area contributed by atoms with Crippen molar-refractivity contribution in [1.29, 1.82) is 0 Å². The van der Waals surface area contributed by atoms with Gasteiger partial charge in [-0.05, 0) is 91.1 Å². The van der Waals surface area contributed by atoms with Gasteiger partial charge in [-0.3, -0.25) is 4.79 Å². The molecule has 0 aromatic carbocycles. The molecule has 2 fully saturated rings. The summed E-state index contributed by atoms with van der Waals surface area (Å²) < 4.78 is 0. The van der Waals surface area contributed by atoms with Crippen LogP contribution in [-0.4, -0.2) is 5.78 Å². The Balaban J connectivity index is 1.65. The summed E-state index contributed by atoms with van der Waals surface area (Å²) in [5.74, 6) is 3.54. The van der Waals surface area contributed by atoms with Crippen molar-refractivity contribution in [2.45, 2.75) is 65.2 Å². The number of carbonyl (C=O) groups is 1. The molecule has 0 spiro atoms. The van der Waals surface area contributed by atoms with Gasteiger partial charge >= 0.3 is 0 Å². The molecule has 2 saturated carbocycles. The molecule has 4 aliphatic rings. The monoisotopic (exact) mass is 324 g/mol. The standard InChI is InChI=1S/C23H32O/c1-4-5-6-16-8-10-20-19-9-7-17-15-18(24)11-13-23(17,3)21(19)12-14-22(16,20)2/h4,7,9,15-16,19-21H,1,5-6,8,10-14H2,2-3H3/t16-,19?,20?,21?,22+,23-/m0/s1. The first-order valence-corrected chi connectivity index (χ1v) is 10.0. The smallest absolute Gasteiger partial charge is 0.156 e. The fraction of sp³-hybridized carbons (Fsp3) is 0.696. The van der Waals surface area contributed by atoms with E-state index >= 15 is 0 Å². The maximum Gasteiger partial charge on any atom is 0.156 e. The average molecular weight is 325 g/mol. The van der Waals surface area contributed by atoms with Crippen LogP contribution in [0.15, 0.2) is 36.5 Å². The molecule has 0 amide bonds. The fourth-order valence-corrected chi connectivity index (χ4v) is 6.90. The van der Waals surface area contributed by atoms with Crippen molar-refractivity contribution in [2.75, 3.05) is 0 Å². The topological polar surface area (TPSA) is 17.1 Å². The minimum absolute atomic E-state index is 0.244. The number of carbonyl (C=O) groups excluding carboxylic acids is 1. The van der Waals surface area contributed by atoms with E-state index in [9.17, 15) is 4.79 Å². The number of fused-ring (bicyclic) bond motifs is 5. The van der Waals surface area contributed by atoms with Crippen LogP contribution in [0.4, 0.5) is 0 Å². The summed E-state index contributed by atoms with van der Waals surface area (Å²) in [4.78, 5) is 11.9. The fourth-order valence-electron chi connectivity index (χ4n) is 6.90.